The van der Waals surface area contributed by atoms with E-state index in [4.69, 9.17) is 10.2 Å². The first-order valence-electron chi connectivity index (χ1n) is 2.17. The average molecular weight is 136 g/mol. The van der Waals surface area contributed by atoms with Gasteiger partial charge in [-0.2, -0.15) is 0 Å². The smallest absolute Gasteiger partial charge is 0.188 e. The van der Waals surface area contributed by atoms with Crippen LogP contribution in [0.4, 0.5) is 0 Å². The van der Waals surface area contributed by atoms with Crippen LogP contribution in [0.3, 0.4) is 0 Å². The van der Waals surface area contributed by atoms with Crippen molar-refractivity contribution in [2.24, 2.45) is 0 Å². The summed E-state index contributed by atoms with van der Waals surface area (Å²) in [5.74, 6) is 0. The van der Waals surface area contributed by atoms with Gasteiger partial charge >= 0.3 is 0 Å². The Morgan fingerprint density at radius 2 is 2.25 bits per heavy atom. The van der Waals surface area contributed by atoms with Gasteiger partial charge in [0.15, 0.2) is 5.12 Å². The zero-order chi connectivity index (χ0) is 6.57. The van der Waals surface area contributed by atoms with Crippen LogP contribution in [0.15, 0.2) is 0 Å². The molecule has 0 spiro atoms. The molecule has 3 nitrogen and oxygen atoms in total. The summed E-state index contributed by atoms with van der Waals surface area (Å²) in [5, 5.41) is 16.2. The summed E-state index contributed by atoms with van der Waals surface area (Å²) in [6.07, 6.45) is -1.03. The number of thiol groups is 1. The molecule has 4 heteroatoms. The predicted octanol–water partition coefficient (Wildman–Crippen LogP) is -0.814. The first-order chi connectivity index (χ1) is 3.66. The van der Waals surface area contributed by atoms with Crippen molar-refractivity contribution in [3.05, 3.63) is 0 Å². The minimum absolute atomic E-state index is 0.0837. The minimum atomic E-state index is -0.944. The van der Waals surface area contributed by atoms with Gasteiger partial charge < -0.3 is 10.2 Å². The van der Waals surface area contributed by atoms with Gasteiger partial charge in [-0.3, -0.25) is 4.79 Å². The van der Waals surface area contributed by atoms with Gasteiger partial charge in [-0.25, -0.2) is 0 Å². The molecule has 0 amide bonds. The second-order valence-corrected chi connectivity index (χ2v) is 1.93. The van der Waals surface area contributed by atoms with E-state index in [0.29, 0.717) is 0 Å². The summed E-state index contributed by atoms with van der Waals surface area (Å²) in [7, 11) is 0. The Balaban J connectivity index is 3.24. The lowest BCUT2D eigenvalue weighted by molar-refractivity contribution is -0.113. The van der Waals surface area contributed by atoms with Crippen LogP contribution >= 0.6 is 12.6 Å². The number of hydrogen-bond acceptors (Lipinski definition) is 3. The van der Waals surface area contributed by atoms with E-state index in [1.807, 2.05) is 0 Å². The Hall–Kier alpha value is -0.0600. The summed E-state index contributed by atoms with van der Waals surface area (Å²) < 4.78 is 0. The molecule has 0 aliphatic carbocycles. The highest BCUT2D eigenvalue weighted by atomic mass is 32.1. The highest BCUT2D eigenvalue weighted by molar-refractivity contribution is 7.96. The number of carbonyl (C=O) groups is 1. The Bertz CT molecular complexity index is 83.4. The zero-order valence-corrected chi connectivity index (χ0v) is 5.14. The summed E-state index contributed by atoms with van der Waals surface area (Å²) in [6, 6.07) is 0. The van der Waals surface area contributed by atoms with E-state index < -0.39 is 11.2 Å². The van der Waals surface area contributed by atoms with Crippen LogP contribution in [0, 0.1) is 0 Å². The predicted molar refractivity (Wildman–Crippen MR) is 31.7 cm³/mol. The molecule has 0 heterocycles. The lowest BCUT2D eigenvalue weighted by Crippen LogP contribution is -2.14. The van der Waals surface area contributed by atoms with Gasteiger partial charge in [-0.15, -0.1) is 12.6 Å². The van der Waals surface area contributed by atoms with Crippen molar-refractivity contribution in [1.29, 1.82) is 0 Å². The normalized spacial score (nSPS) is 13.4. The summed E-state index contributed by atoms with van der Waals surface area (Å²) in [6.45, 7) is -0.383. The standard InChI is InChI=1S/C4H8O3S/c5-2-3(6)1-4(7)8/h3,5-6H,1-2H2,(H,7,8). The molecule has 2 N–H and O–H groups in total. The van der Waals surface area contributed by atoms with Gasteiger partial charge in [0, 0.05) is 6.42 Å². The van der Waals surface area contributed by atoms with Crippen LogP contribution in [0.5, 0.6) is 0 Å². The topological polar surface area (TPSA) is 57.5 Å². The van der Waals surface area contributed by atoms with Crippen molar-refractivity contribution in [2.45, 2.75) is 12.5 Å². The van der Waals surface area contributed by atoms with E-state index in [0.717, 1.165) is 0 Å². The lowest BCUT2D eigenvalue weighted by atomic mass is 10.3. The fourth-order valence-corrected chi connectivity index (χ4v) is 0.477. The number of aliphatic hydroxyl groups excluding tert-OH is 2. The molecular weight excluding hydrogens is 128 g/mol. The van der Waals surface area contributed by atoms with Crippen molar-refractivity contribution in [1.82, 2.24) is 0 Å². The van der Waals surface area contributed by atoms with E-state index in [-0.39, 0.29) is 13.0 Å². The molecule has 48 valence electrons. The molecule has 1 atom stereocenters. The molecule has 0 radical (unpaired) electrons. The molecule has 0 aromatic rings. The van der Waals surface area contributed by atoms with Crippen molar-refractivity contribution in [3.63, 3.8) is 0 Å². The molecule has 0 fully saturated rings. The number of hydrogen-bond donors (Lipinski definition) is 3. The largest absolute Gasteiger partial charge is 0.394 e. The van der Waals surface area contributed by atoms with Gasteiger partial charge in [0.05, 0.1) is 12.7 Å². The Kier molecular flexibility index (Phi) is 3.85. The lowest BCUT2D eigenvalue weighted by Gasteiger charge is -2.00. The van der Waals surface area contributed by atoms with Crippen LogP contribution in [-0.2, 0) is 4.79 Å². The summed E-state index contributed by atoms with van der Waals surface area (Å²) in [5.41, 5.74) is 0. The van der Waals surface area contributed by atoms with Gasteiger partial charge in [0.2, 0.25) is 0 Å². The number of carbonyl (C=O) groups excluding carboxylic acids is 1. The van der Waals surface area contributed by atoms with Crippen LogP contribution in [0.25, 0.3) is 0 Å². The van der Waals surface area contributed by atoms with Crippen LogP contribution in [-0.4, -0.2) is 28.0 Å². The van der Waals surface area contributed by atoms with E-state index in [1.165, 1.54) is 0 Å². The zero-order valence-electron chi connectivity index (χ0n) is 4.24. The molecule has 1 unspecified atom stereocenters. The quantitative estimate of drug-likeness (QED) is 0.444. The first-order valence-corrected chi connectivity index (χ1v) is 2.62. The summed E-state index contributed by atoms with van der Waals surface area (Å²) in [4.78, 5) is 10.0. The maximum Gasteiger partial charge on any atom is 0.188 e. The van der Waals surface area contributed by atoms with Gasteiger partial charge in [0.25, 0.3) is 0 Å². The Labute approximate surface area is 52.7 Å². The van der Waals surface area contributed by atoms with E-state index in [1.54, 1.807) is 0 Å². The molecular formula is C4H8O3S. The minimum Gasteiger partial charge on any atom is -0.394 e. The highest BCUT2D eigenvalue weighted by Crippen LogP contribution is 1.93. The van der Waals surface area contributed by atoms with Gasteiger partial charge in [0.1, 0.15) is 0 Å². The molecule has 0 rings (SSSR count). The molecule has 8 heavy (non-hydrogen) atoms. The Morgan fingerprint density at radius 3 is 2.38 bits per heavy atom. The molecule has 0 bridgehead atoms. The van der Waals surface area contributed by atoms with Crippen molar-refractivity contribution in [2.75, 3.05) is 6.61 Å². The third-order valence-corrected chi connectivity index (χ3v) is 0.804. The van der Waals surface area contributed by atoms with Crippen LogP contribution in [0.1, 0.15) is 6.42 Å². The fraction of sp³-hybridized carbons (Fsp3) is 0.750. The SMILES string of the molecule is O=C(S)CC(O)CO. The van der Waals surface area contributed by atoms with Gasteiger partial charge in [-0.1, -0.05) is 0 Å². The van der Waals surface area contributed by atoms with Crippen LogP contribution in [0.2, 0.25) is 0 Å². The van der Waals surface area contributed by atoms with Crippen molar-refractivity contribution < 1.29 is 15.0 Å². The third kappa shape index (κ3) is 4.11. The number of rotatable bonds is 3. The average Bonchev–Trinajstić information content (AvgIpc) is 1.65. The first kappa shape index (κ1) is 7.94. The summed E-state index contributed by atoms with van der Waals surface area (Å²) >= 11 is 3.38. The van der Waals surface area contributed by atoms with Crippen molar-refractivity contribution >= 4 is 17.7 Å². The third-order valence-electron chi connectivity index (χ3n) is 0.621. The molecule has 0 aromatic heterocycles. The van der Waals surface area contributed by atoms with E-state index in [9.17, 15) is 4.79 Å². The second kappa shape index (κ2) is 3.88. The molecule has 0 saturated heterocycles. The van der Waals surface area contributed by atoms with Crippen molar-refractivity contribution in [3.8, 4) is 0 Å². The van der Waals surface area contributed by atoms with Gasteiger partial charge in [-0.05, 0) is 0 Å². The maximum atomic E-state index is 10.0. The monoisotopic (exact) mass is 136 g/mol. The molecule has 0 saturated carbocycles. The second-order valence-electron chi connectivity index (χ2n) is 1.43. The van der Waals surface area contributed by atoms with Crippen LogP contribution < -0.4 is 0 Å². The molecule has 0 aromatic carbocycles. The molecule has 0 aliphatic rings. The Morgan fingerprint density at radius 1 is 1.75 bits per heavy atom. The fourth-order valence-electron chi connectivity index (χ4n) is 0.266. The number of aliphatic hydroxyl groups is 2. The molecule has 0 aliphatic heterocycles. The maximum absolute atomic E-state index is 10.0. The van der Waals surface area contributed by atoms with E-state index >= 15 is 0 Å². The van der Waals surface area contributed by atoms with E-state index in [2.05, 4.69) is 12.6 Å². The highest BCUT2D eigenvalue weighted by Gasteiger charge is 2.04.